The van der Waals surface area contributed by atoms with Crippen molar-refractivity contribution in [1.82, 2.24) is 10.6 Å². The highest BCUT2D eigenvalue weighted by molar-refractivity contribution is 5.96. The third-order valence-corrected chi connectivity index (χ3v) is 3.26. The van der Waals surface area contributed by atoms with Crippen molar-refractivity contribution in [1.29, 1.82) is 0 Å². The van der Waals surface area contributed by atoms with Gasteiger partial charge < -0.3 is 15.7 Å². The number of aliphatic hydroxyl groups excluding tert-OH is 1. The van der Waals surface area contributed by atoms with Crippen molar-refractivity contribution in [2.75, 3.05) is 13.1 Å². The first-order chi connectivity index (χ1) is 11.8. The largest absolute Gasteiger partial charge is 0.387 e. The number of benzene rings is 2. The first kappa shape index (κ1) is 18.5. The van der Waals surface area contributed by atoms with Crippen LogP contribution in [0.2, 0.25) is 0 Å². The Balaban J connectivity index is 1.81. The molecule has 5 nitrogen and oxygen atoms in total. The van der Waals surface area contributed by atoms with Crippen LogP contribution in [0.15, 0.2) is 42.5 Å². The molecule has 0 saturated heterocycles. The smallest absolute Gasteiger partial charge is 0.251 e. The lowest BCUT2D eigenvalue weighted by Crippen LogP contribution is -2.38. The molecule has 2 aromatic carbocycles. The second kappa shape index (κ2) is 8.29. The van der Waals surface area contributed by atoms with E-state index in [0.717, 1.165) is 18.2 Å². The number of hydrogen-bond donors (Lipinski definition) is 3. The first-order valence-corrected chi connectivity index (χ1v) is 7.29. The van der Waals surface area contributed by atoms with Gasteiger partial charge in [-0.1, -0.05) is 12.1 Å². The highest BCUT2D eigenvalue weighted by Gasteiger charge is 2.13. The molecule has 0 aliphatic carbocycles. The molecule has 0 radical (unpaired) electrons. The molecule has 0 fully saturated rings. The Morgan fingerprint density at radius 2 is 1.64 bits per heavy atom. The van der Waals surface area contributed by atoms with Gasteiger partial charge in [-0.15, -0.1) is 0 Å². The molecule has 0 spiro atoms. The lowest BCUT2D eigenvalue weighted by Gasteiger charge is -2.12. The average molecular weight is 352 g/mol. The van der Waals surface area contributed by atoms with Crippen LogP contribution in [0.1, 0.15) is 22.0 Å². The van der Waals surface area contributed by atoms with Crippen LogP contribution in [-0.4, -0.2) is 30.0 Å². The van der Waals surface area contributed by atoms with Crippen LogP contribution in [0.5, 0.6) is 0 Å². The van der Waals surface area contributed by atoms with E-state index in [1.54, 1.807) is 0 Å². The van der Waals surface area contributed by atoms with Gasteiger partial charge in [-0.3, -0.25) is 9.59 Å². The lowest BCUT2D eigenvalue weighted by atomic mass is 10.1. The van der Waals surface area contributed by atoms with E-state index in [4.69, 9.17) is 0 Å². The standard InChI is InChI=1S/C17H15F3N2O3/c18-12-3-1-2-10(4-12)15(23)8-21-16(24)9-22-17(25)11-5-13(19)7-14(20)6-11/h1-7,15,23H,8-9H2,(H,21,24)(H,22,25). The lowest BCUT2D eigenvalue weighted by molar-refractivity contribution is -0.120. The van der Waals surface area contributed by atoms with Crippen molar-refractivity contribution < 1.29 is 27.9 Å². The summed E-state index contributed by atoms with van der Waals surface area (Å²) in [5, 5.41) is 14.4. The molecule has 0 saturated carbocycles. The molecule has 2 aromatic rings. The SMILES string of the molecule is O=C(CNC(=O)c1cc(F)cc(F)c1)NCC(O)c1cccc(F)c1. The minimum absolute atomic E-state index is 0.188. The minimum Gasteiger partial charge on any atom is -0.387 e. The number of carbonyl (C=O) groups excluding carboxylic acids is 2. The Hall–Kier alpha value is -2.87. The van der Waals surface area contributed by atoms with Crippen molar-refractivity contribution in [3.8, 4) is 0 Å². The second-order valence-corrected chi connectivity index (χ2v) is 5.22. The van der Waals surface area contributed by atoms with E-state index >= 15 is 0 Å². The molecule has 2 rings (SSSR count). The maximum Gasteiger partial charge on any atom is 0.251 e. The number of carbonyl (C=O) groups is 2. The summed E-state index contributed by atoms with van der Waals surface area (Å²) in [6.45, 7) is -0.639. The normalized spacial score (nSPS) is 11.7. The maximum absolute atomic E-state index is 13.1. The molecule has 0 heterocycles. The molecular formula is C17H15F3N2O3. The molecule has 1 atom stereocenters. The molecule has 3 N–H and O–H groups in total. The van der Waals surface area contributed by atoms with Gasteiger partial charge in [-0.05, 0) is 29.8 Å². The number of aliphatic hydroxyl groups is 1. The third-order valence-electron chi connectivity index (χ3n) is 3.26. The van der Waals surface area contributed by atoms with Gasteiger partial charge >= 0.3 is 0 Å². The van der Waals surface area contributed by atoms with E-state index in [0.29, 0.717) is 11.6 Å². The van der Waals surface area contributed by atoms with Crippen molar-refractivity contribution in [3.63, 3.8) is 0 Å². The van der Waals surface area contributed by atoms with Gasteiger partial charge in [0.05, 0.1) is 12.6 Å². The van der Waals surface area contributed by atoms with Crippen molar-refractivity contribution in [3.05, 3.63) is 71.0 Å². The summed E-state index contributed by atoms with van der Waals surface area (Å²) in [5.41, 5.74) is 0.0321. The summed E-state index contributed by atoms with van der Waals surface area (Å²) < 4.78 is 39.1. The molecular weight excluding hydrogens is 337 g/mol. The van der Waals surface area contributed by atoms with Crippen molar-refractivity contribution in [2.24, 2.45) is 0 Å². The number of halogens is 3. The predicted molar refractivity (Wildman–Crippen MR) is 83.1 cm³/mol. The average Bonchev–Trinajstić information content (AvgIpc) is 2.56. The number of nitrogens with one attached hydrogen (secondary N) is 2. The Morgan fingerprint density at radius 3 is 2.28 bits per heavy atom. The molecule has 0 aliphatic heterocycles. The zero-order valence-corrected chi connectivity index (χ0v) is 12.9. The van der Waals surface area contributed by atoms with Crippen LogP contribution < -0.4 is 10.6 Å². The Bertz CT molecular complexity index is 763. The fourth-order valence-electron chi connectivity index (χ4n) is 2.05. The van der Waals surface area contributed by atoms with Crippen LogP contribution in [-0.2, 0) is 4.79 Å². The zero-order chi connectivity index (χ0) is 18.4. The Kier molecular flexibility index (Phi) is 6.13. The summed E-state index contributed by atoms with van der Waals surface area (Å²) in [7, 11) is 0. The van der Waals surface area contributed by atoms with E-state index in [1.807, 2.05) is 0 Å². The van der Waals surface area contributed by atoms with Crippen LogP contribution in [0.4, 0.5) is 13.2 Å². The first-order valence-electron chi connectivity index (χ1n) is 7.29. The minimum atomic E-state index is -1.12. The van der Waals surface area contributed by atoms with Gasteiger partial charge in [0, 0.05) is 18.2 Å². The van der Waals surface area contributed by atoms with Crippen LogP contribution in [0, 0.1) is 17.5 Å². The van der Waals surface area contributed by atoms with Gasteiger partial charge in [0.15, 0.2) is 0 Å². The van der Waals surface area contributed by atoms with E-state index in [1.165, 1.54) is 18.2 Å². The highest BCUT2D eigenvalue weighted by atomic mass is 19.1. The second-order valence-electron chi connectivity index (χ2n) is 5.22. The fraction of sp³-hybridized carbons (Fsp3) is 0.176. The molecule has 8 heteroatoms. The third kappa shape index (κ3) is 5.61. The van der Waals surface area contributed by atoms with Crippen molar-refractivity contribution >= 4 is 11.8 Å². The number of amides is 2. The molecule has 0 bridgehead atoms. The summed E-state index contributed by atoms with van der Waals surface area (Å²) in [4.78, 5) is 23.4. The topological polar surface area (TPSA) is 78.4 Å². The summed E-state index contributed by atoms with van der Waals surface area (Å²) >= 11 is 0. The number of rotatable bonds is 6. The van der Waals surface area contributed by atoms with E-state index in [2.05, 4.69) is 10.6 Å². The predicted octanol–water partition coefficient (Wildman–Crippen LogP) is 1.68. The van der Waals surface area contributed by atoms with E-state index < -0.39 is 41.9 Å². The highest BCUT2D eigenvalue weighted by Crippen LogP contribution is 2.12. The molecule has 0 aliphatic rings. The number of hydrogen-bond acceptors (Lipinski definition) is 3. The monoisotopic (exact) mass is 352 g/mol. The summed E-state index contributed by atoms with van der Waals surface area (Å²) in [6, 6.07) is 7.58. The van der Waals surface area contributed by atoms with Gasteiger partial charge in [0.25, 0.3) is 5.91 Å². The Morgan fingerprint density at radius 1 is 0.960 bits per heavy atom. The zero-order valence-electron chi connectivity index (χ0n) is 12.9. The van der Waals surface area contributed by atoms with Crippen molar-refractivity contribution in [2.45, 2.75) is 6.10 Å². The molecule has 132 valence electrons. The summed E-state index contributed by atoms with van der Waals surface area (Å²) in [5.74, 6) is -3.78. The van der Waals surface area contributed by atoms with Gasteiger partial charge in [0.2, 0.25) is 5.91 Å². The summed E-state index contributed by atoms with van der Waals surface area (Å²) in [6.07, 6.45) is -1.12. The quantitative estimate of drug-likeness (QED) is 0.740. The maximum atomic E-state index is 13.1. The van der Waals surface area contributed by atoms with Gasteiger partial charge in [0.1, 0.15) is 17.5 Å². The fourth-order valence-corrected chi connectivity index (χ4v) is 2.05. The molecule has 25 heavy (non-hydrogen) atoms. The molecule has 1 unspecified atom stereocenters. The van der Waals surface area contributed by atoms with Crippen LogP contribution in [0.25, 0.3) is 0 Å². The van der Waals surface area contributed by atoms with E-state index in [-0.39, 0.29) is 12.1 Å². The Labute approximate surface area is 141 Å². The van der Waals surface area contributed by atoms with Gasteiger partial charge in [-0.2, -0.15) is 0 Å². The van der Waals surface area contributed by atoms with Crippen LogP contribution in [0.3, 0.4) is 0 Å². The van der Waals surface area contributed by atoms with Gasteiger partial charge in [-0.25, -0.2) is 13.2 Å². The molecule has 0 aromatic heterocycles. The van der Waals surface area contributed by atoms with Crippen LogP contribution >= 0.6 is 0 Å². The van der Waals surface area contributed by atoms with E-state index in [9.17, 15) is 27.9 Å². The molecule has 2 amide bonds.